The number of amides is 1. The van der Waals surface area contributed by atoms with E-state index in [0.29, 0.717) is 5.56 Å². The average Bonchev–Trinajstić information content (AvgIpc) is 2.62. The van der Waals surface area contributed by atoms with Gasteiger partial charge in [0.05, 0.1) is 13.3 Å². The molecule has 0 saturated carbocycles. The quantitative estimate of drug-likeness (QED) is 0.595. The van der Waals surface area contributed by atoms with Gasteiger partial charge < -0.3 is 4.74 Å². The lowest BCUT2D eigenvalue weighted by Crippen LogP contribution is -2.17. The van der Waals surface area contributed by atoms with Gasteiger partial charge in [-0.05, 0) is 46.7 Å². The van der Waals surface area contributed by atoms with Gasteiger partial charge in [-0.25, -0.2) is 5.43 Å². The molecule has 0 aliphatic carbocycles. The Labute approximate surface area is 133 Å². The average molecular weight is 305 g/mol. The van der Waals surface area contributed by atoms with E-state index in [1.165, 1.54) is 0 Å². The second-order valence-corrected chi connectivity index (χ2v) is 4.91. The van der Waals surface area contributed by atoms with Crippen molar-refractivity contribution in [3.8, 4) is 5.75 Å². The summed E-state index contributed by atoms with van der Waals surface area (Å²) in [6.07, 6.45) is 4.75. The third-order valence-electron chi connectivity index (χ3n) is 3.39. The van der Waals surface area contributed by atoms with Crippen molar-refractivity contribution in [2.45, 2.75) is 0 Å². The highest BCUT2D eigenvalue weighted by Crippen LogP contribution is 2.21. The lowest BCUT2D eigenvalue weighted by molar-refractivity contribution is 0.0955. The first-order valence-corrected chi connectivity index (χ1v) is 7.07. The molecular weight excluding hydrogens is 290 g/mol. The van der Waals surface area contributed by atoms with Crippen molar-refractivity contribution in [3.05, 3.63) is 72.1 Å². The number of rotatable bonds is 4. The van der Waals surface area contributed by atoms with Crippen LogP contribution in [0, 0.1) is 0 Å². The van der Waals surface area contributed by atoms with Crippen molar-refractivity contribution in [2.75, 3.05) is 7.11 Å². The van der Waals surface area contributed by atoms with Crippen molar-refractivity contribution in [2.24, 2.45) is 5.10 Å². The molecule has 5 nitrogen and oxygen atoms in total. The maximum absolute atomic E-state index is 11.9. The van der Waals surface area contributed by atoms with Crippen LogP contribution in [0.15, 0.2) is 66.0 Å². The molecular formula is C18H15N3O2. The van der Waals surface area contributed by atoms with Gasteiger partial charge in [0, 0.05) is 18.0 Å². The Kier molecular flexibility index (Phi) is 4.29. The Hall–Kier alpha value is -3.21. The molecule has 0 radical (unpaired) electrons. The van der Waals surface area contributed by atoms with Crippen LogP contribution in [0.4, 0.5) is 0 Å². The fourth-order valence-electron chi connectivity index (χ4n) is 2.18. The minimum absolute atomic E-state index is 0.269. The summed E-state index contributed by atoms with van der Waals surface area (Å²) < 4.78 is 5.21. The molecule has 0 bridgehead atoms. The van der Waals surface area contributed by atoms with Crippen LogP contribution in [-0.2, 0) is 0 Å². The molecule has 0 spiro atoms. The Morgan fingerprint density at radius 2 is 1.83 bits per heavy atom. The predicted molar refractivity (Wildman–Crippen MR) is 89.8 cm³/mol. The standard InChI is InChI=1S/C18H15N3O2/c1-23-17-5-4-15-10-13(2-3-16(15)11-17)12-20-21-18(22)14-6-8-19-9-7-14/h2-12H,1H3,(H,21,22)/b20-12-. The molecule has 0 fully saturated rings. The van der Waals surface area contributed by atoms with Crippen LogP contribution in [0.2, 0.25) is 0 Å². The number of pyridine rings is 1. The minimum Gasteiger partial charge on any atom is -0.497 e. The Morgan fingerprint density at radius 1 is 1.09 bits per heavy atom. The van der Waals surface area contributed by atoms with Gasteiger partial charge in [-0.3, -0.25) is 9.78 Å². The van der Waals surface area contributed by atoms with E-state index in [2.05, 4.69) is 15.5 Å². The molecule has 2 aromatic carbocycles. The van der Waals surface area contributed by atoms with E-state index in [9.17, 15) is 4.79 Å². The smallest absolute Gasteiger partial charge is 0.271 e. The zero-order valence-electron chi connectivity index (χ0n) is 12.6. The van der Waals surface area contributed by atoms with E-state index in [0.717, 1.165) is 22.1 Å². The van der Waals surface area contributed by atoms with Gasteiger partial charge in [-0.1, -0.05) is 18.2 Å². The highest BCUT2D eigenvalue weighted by Gasteiger charge is 2.02. The zero-order valence-corrected chi connectivity index (χ0v) is 12.6. The predicted octanol–water partition coefficient (Wildman–Crippen LogP) is 3.01. The second kappa shape index (κ2) is 6.70. The number of methoxy groups -OCH3 is 1. The van der Waals surface area contributed by atoms with Crippen molar-refractivity contribution >= 4 is 22.9 Å². The van der Waals surface area contributed by atoms with Crippen molar-refractivity contribution < 1.29 is 9.53 Å². The van der Waals surface area contributed by atoms with E-state index in [4.69, 9.17) is 4.74 Å². The molecule has 3 rings (SSSR count). The third kappa shape index (κ3) is 3.52. The molecule has 0 atom stereocenters. The van der Waals surface area contributed by atoms with E-state index in [-0.39, 0.29) is 5.91 Å². The summed E-state index contributed by atoms with van der Waals surface area (Å²) in [7, 11) is 1.65. The van der Waals surface area contributed by atoms with Gasteiger partial charge in [0.1, 0.15) is 5.75 Å². The summed E-state index contributed by atoms with van der Waals surface area (Å²) in [4.78, 5) is 15.7. The van der Waals surface area contributed by atoms with Crippen LogP contribution in [0.1, 0.15) is 15.9 Å². The summed E-state index contributed by atoms with van der Waals surface area (Å²) in [6, 6.07) is 15.1. The number of carbonyl (C=O) groups is 1. The van der Waals surface area contributed by atoms with Gasteiger partial charge in [0.15, 0.2) is 0 Å². The van der Waals surface area contributed by atoms with Crippen LogP contribution in [0.25, 0.3) is 10.8 Å². The highest BCUT2D eigenvalue weighted by molar-refractivity contribution is 5.95. The third-order valence-corrected chi connectivity index (χ3v) is 3.39. The summed E-state index contributed by atoms with van der Waals surface area (Å²) >= 11 is 0. The molecule has 1 aromatic heterocycles. The van der Waals surface area contributed by atoms with Crippen LogP contribution < -0.4 is 10.2 Å². The lowest BCUT2D eigenvalue weighted by atomic mass is 10.1. The fourth-order valence-corrected chi connectivity index (χ4v) is 2.18. The first-order valence-electron chi connectivity index (χ1n) is 7.07. The number of hydrogen-bond donors (Lipinski definition) is 1. The van der Waals surface area contributed by atoms with E-state index in [1.807, 2.05) is 36.4 Å². The lowest BCUT2D eigenvalue weighted by Gasteiger charge is -2.03. The number of carbonyl (C=O) groups excluding carboxylic acids is 1. The SMILES string of the molecule is COc1ccc2cc(/C=N\NC(=O)c3ccncc3)ccc2c1. The van der Waals surface area contributed by atoms with Crippen molar-refractivity contribution in [1.82, 2.24) is 10.4 Å². The Balaban J connectivity index is 1.72. The number of hydrazone groups is 1. The van der Waals surface area contributed by atoms with Gasteiger partial charge in [0.2, 0.25) is 0 Å². The van der Waals surface area contributed by atoms with Gasteiger partial charge >= 0.3 is 0 Å². The molecule has 1 N–H and O–H groups in total. The van der Waals surface area contributed by atoms with E-state index < -0.39 is 0 Å². The van der Waals surface area contributed by atoms with Gasteiger partial charge in [-0.15, -0.1) is 0 Å². The number of fused-ring (bicyclic) bond motifs is 1. The molecule has 5 heteroatoms. The van der Waals surface area contributed by atoms with E-state index in [1.54, 1.807) is 37.9 Å². The maximum Gasteiger partial charge on any atom is 0.271 e. The molecule has 0 unspecified atom stereocenters. The fraction of sp³-hybridized carbons (Fsp3) is 0.0556. The molecule has 3 aromatic rings. The molecule has 114 valence electrons. The van der Waals surface area contributed by atoms with Crippen LogP contribution in [0.5, 0.6) is 5.75 Å². The highest BCUT2D eigenvalue weighted by atomic mass is 16.5. The topological polar surface area (TPSA) is 63.6 Å². The Bertz CT molecular complexity index is 861. The van der Waals surface area contributed by atoms with Crippen molar-refractivity contribution in [1.29, 1.82) is 0 Å². The molecule has 1 heterocycles. The van der Waals surface area contributed by atoms with Gasteiger partial charge in [-0.2, -0.15) is 5.10 Å². The summed E-state index contributed by atoms with van der Waals surface area (Å²) in [6.45, 7) is 0. The number of aromatic nitrogens is 1. The van der Waals surface area contributed by atoms with Crippen LogP contribution in [-0.4, -0.2) is 24.2 Å². The largest absolute Gasteiger partial charge is 0.497 e. The first kappa shape index (κ1) is 14.7. The number of nitrogens with zero attached hydrogens (tertiary/aromatic N) is 2. The number of nitrogens with one attached hydrogen (secondary N) is 1. The van der Waals surface area contributed by atoms with Gasteiger partial charge in [0.25, 0.3) is 5.91 Å². The first-order chi connectivity index (χ1) is 11.3. The summed E-state index contributed by atoms with van der Waals surface area (Å²) in [5.74, 6) is 0.553. The summed E-state index contributed by atoms with van der Waals surface area (Å²) in [5.41, 5.74) is 3.91. The zero-order chi connectivity index (χ0) is 16.1. The van der Waals surface area contributed by atoms with Crippen LogP contribution in [0.3, 0.4) is 0 Å². The number of ether oxygens (including phenoxy) is 1. The van der Waals surface area contributed by atoms with Crippen LogP contribution >= 0.6 is 0 Å². The molecule has 1 amide bonds. The van der Waals surface area contributed by atoms with E-state index >= 15 is 0 Å². The number of hydrogen-bond acceptors (Lipinski definition) is 4. The second-order valence-electron chi connectivity index (χ2n) is 4.91. The maximum atomic E-state index is 11.9. The molecule has 0 aliphatic rings. The summed E-state index contributed by atoms with van der Waals surface area (Å²) in [5, 5.41) is 6.15. The molecule has 23 heavy (non-hydrogen) atoms. The molecule has 0 aliphatic heterocycles. The number of benzene rings is 2. The normalized spacial score (nSPS) is 10.8. The Morgan fingerprint density at radius 3 is 2.61 bits per heavy atom. The van der Waals surface area contributed by atoms with Crippen molar-refractivity contribution in [3.63, 3.8) is 0 Å². The monoisotopic (exact) mass is 305 g/mol. The molecule has 0 saturated heterocycles. The minimum atomic E-state index is -0.269.